The fourth-order valence-electron chi connectivity index (χ4n) is 6.37. The zero-order valence-electron chi connectivity index (χ0n) is 22.1. The Morgan fingerprint density at radius 1 is 1.03 bits per heavy atom. The largest absolute Gasteiger partial charge is 0.468 e. The summed E-state index contributed by atoms with van der Waals surface area (Å²) >= 11 is 0. The second-order valence-electron chi connectivity index (χ2n) is 10.9. The van der Waals surface area contributed by atoms with Crippen molar-refractivity contribution in [3.63, 3.8) is 0 Å². The van der Waals surface area contributed by atoms with Gasteiger partial charge in [-0.25, -0.2) is 0 Å². The first-order valence-electron chi connectivity index (χ1n) is 14.1. The van der Waals surface area contributed by atoms with Gasteiger partial charge in [-0.1, -0.05) is 42.0 Å². The Morgan fingerprint density at radius 3 is 2.49 bits per heavy atom. The number of carbonyl (C=O) groups excluding carboxylic acids is 1. The quantitative estimate of drug-likeness (QED) is 0.303. The van der Waals surface area contributed by atoms with E-state index in [0.717, 1.165) is 75.7 Å². The number of ether oxygens (including phenoxy) is 6. The summed E-state index contributed by atoms with van der Waals surface area (Å²) in [4.78, 5) is 12.8. The Bertz CT molecular complexity index is 875. The Balaban J connectivity index is 1.25. The number of esters is 1. The topological polar surface area (TPSA) is 72.5 Å². The summed E-state index contributed by atoms with van der Waals surface area (Å²) in [5.74, 6) is 0.316. The number of hydrogen-bond acceptors (Lipinski definition) is 7. The Labute approximate surface area is 220 Å². The molecular formula is C30H42O7. The molecule has 5 rings (SSSR count). The van der Waals surface area contributed by atoms with E-state index in [1.165, 1.54) is 7.11 Å². The summed E-state index contributed by atoms with van der Waals surface area (Å²) in [6.07, 6.45) is 10.4. The van der Waals surface area contributed by atoms with Crippen LogP contribution in [-0.4, -0.2) is 58.2 Å². The molecule has 2 heterocycles. The van der Waals surface area contributed by atoms with E-state index in [-0.39, 0.29) is 36.5 Å². The number of hydrogen-bond donors (Lipinski definition) is 0. The van der Waals surface area contributed by atoms with Crippen molar-refractivity contribution >= 4 is 5.97 Å². The number of allylic oxidation sites excluding steroid dienone is 1. The first-order chi connectivity index (χ1) is 18.2. The predicted octanol–water partition coefficient (Wildman–Crippen LogP) is 5.03. The molecule has 1 aromatic carbocycles. The van der Waals surface area contributed by atoms with Gasteiger partial charge in [-0.05, 0) is 68.8 Å². The van der Waals surface area contributed by atoms with Crippen molar-refractivity contribution in [2.45, 2.75) is 76.7 Å². The molecule has 204 valence electrons. The minimum Gasteiger partial charge on any atom is -0.468 e. The van der Waals surface area contributed by atoms with Crippen LogP contribution in [0.25, 0.3) is 0 Å². The highest BCUT2D eigenvalue weighted by molar-refractivity contribution is 5.76. The normalized spacial score (nSPS) is 32.5. The molecule has 2 aliphatic carbocycles. The second kappa shape index (κ2) is 13.3. The van der Waals surface area contributed by atoms with Gasteiger partial charge in [-0.2, -0.15) is 0 Å². The third kappa shape index (κ3) is 7.01. The lowest BCUT2D eigenvalue weighted by Crippen LogP contribution is -2.35. The maximum absolute atomic E-state index is 12.8. The van der Waals surface area contributed by atoms with Gasteiger partial charge >= 0.3 is 5.97 Å². The van der Waals surface area contributed by atoms with Gasteiger partial charge in [0.25, 0.3) is 0 Å². The third-order valence-corrected chi connectivity index (χ3v) is 8.36. The predicted molar refractivity (Wildman–Crippen MR) is 137 cm³/mol. The van der Waals surface area contributed by atoms with Crippen molar-refractivity contribution < 1.29 is 33.2 Å². The highest BCUT2D eigenvalue weighted by Crippen LogP contribution is 2.50. The van der Waals surface area contributed by atoms with Crippen molar-refractivity contribution in [3.8, 4) is 0 Å². The average Bonchev–Trinajstić information content (AvgIpc) is 3.49. The Morgan fingerprint density at radius 2 is 1.78 bits per heavy atom. The molecule has 1 saturated carbocycles. The molecule has 4 aliphatic rings. The number of methoxy groups -OCH3 is 1. The molecule has 0 amide bonds. The van der Waals surface area contributed by atoms with Crippen LogP contribution in [0.1, 0.15) is 56.9 Å². The number of rotatable bonds is 11. The summed E-state index contributed by atoms with van der Waals surface area (Å²) in [6, 6.07) is 10.0. The Hall–Kier alpha value is -1.77. The van der Waals surface area contributed by atoms with Crippen molar-refractivity contribution in [1.29, 1.82) is 0 Å². The molecule has 0 aromatic heterocycles. The van der Waals surface area contributed by atoms with Gasteiger partial charge in [0.05, 0.1) is 33.0 Å². The second-order valence-corrected chi connectivity index (χ2v) is 10.9. The minimum absolute atomic E-state index is 0.0883. The van der Waals surface area contributed by atoms with Crippen LogP contribution < -0.4 is 0 Å². The first-order valence-corrected chi connectivity index (χ1v) is 14.1. The highest BCUT2D eigenvalue weighted by Gasteiger charge is 2.48. The molecule has 37 heavy (non-hydrogen) atoms. The molecule has 3 fully saturated rings. The summed E-state index contributed by atoms with van der Waals surface area (Å²) in [5, 5.41) is 0. The summed E-state index contributed by atoms with van der Waals surface area (Å²) in [7, 11) is 1.46. The van der Waals surface area contributed by atoms with Crippen LogP contribution >= 0.6 is 0 Å². The number of benzene rings is 1. The molecule has 2 saturated heterocycles. The standard InChI is InChI=1S/C30H42O7/c1-32-30(31)25(19-33-18-21-9-3-2-4-10-21)22-15-23-17-27(37-29-12-6-8-14-35-29)26(24(23)16-22)20-36-28-11-5-7-13-34-28/h2-4,9-10,16,23-29H,5-8,11-15,17-20H2,1H3/t23?,24?,25?,26-,27-,28?,29?/m1/s1. The monoisotopic (exact) mass is 514 g/mol. The van der Waals surface area contributed by atoms with E-state index in [0.29, 0.717) is 31.7 Å². The van der Waals surface area contributed by atoms with E-state index in [2.05, 4.69) is 6.08 Å². The van der Waals surface area contributed by atoms with Crippen molar-refractivity contribution in [2.24, 2.45) is 23.7 Å². The maximum Gasteiger partial charge on any atom is 0.315 e. The highest BCUT2D eigenvalue weighted by atomic mass is 16.7. The van der Waals surface area contributed by atoms with Gasteiger partial charge in [0.15, 0.2) is 12.6 Å². The molecule has 7 atom stereocenters. The molecule has 5 unspecified atom stereocenters. The van der Waals surface area contributed by atoms with E-state index < -0.39 is 0 Å². The molecule has 0 N–H and O–H groups in total. The van der Waals surface area contributed by atoms with E-state index in [1.807, 2.05) is 30.3 Å². The molecule has 7 heteroatoms. The minimum atomic E-state index is -0.386. The average molecular weight is 515 g/mol. The molecule has 2 aliphatic heterocycles. The SMILES string of the molecule is COC(=O)C(COCc1ccccc1)C1=CC2C(C1)C[C@@H](OC1CCCCO1)[C@@H]2COC1CCCCO1. The maximum atomic E-state index is 12.8. The fourth-order valence-corrected chi connectivity index (χ4v) is 6.37. The van der Waals surface area contributed by atoms with E-state index in [1.54, 1.807) is 0 Å². The van der Waals surface area contributed by atoms with Crippen molar-refractivity contribution in [3.05, 3.63) is 47.5 Å². The molecule has 0 spiro atoms. The summed E-state index contributed by atoms with van der Waals surface area (Å²) in [5.41, 5.74) is 2.22. The van der Waals surface area contributed by atoms with Gasteiger partial charge < -0.3 is 28.4 Å². The van der Waals surface area contributed by atoms with Crippen LogP contribution in [0.3, 0.4) is 0 Å². The first kappa shape index (κ1) is 26.8. The lowest BCUT2D eigenvalue weighted by molar-refractivity contribution is -0.211. The van der Waals surface area contributed by atoms with Crippen LogP contribution in [0.15, 0.2) is 42.0 Å². The number of fused-ring (bicyclic) bond motifs is 1. The zero-order valence-corrected chi connectivity index (χ0v) is 22.1. The fraction of sp³-hybridized carbons (Fsp3) is 0.700. The van der Waals surface area contributed by atoms with E-state index in [4.69, 9.17) is 28.4 Å². The van der Waals surface area contributed by atoms with Gasteiger partial charge in [-0.3, -0.25) is 4.79 Å². The Kier molecular flexibility index (Phi) is 9.67. The van der Waals surface area contributed by atoms with Gasteiger partial charge in [0.2, 0.25) is 0 Å². The van der Waals surface area contributed by atoms with Crippen molar-refractivity contribution in [2.75, 3.05) is 33.5 Å². The van der Waals surface area contributed by atoms with Crippen LogP contribution in [0, 0.1) is 23.7 Å². The van der Waals surface area contributed by atoms with Crippen LogP contribution in [0.5, 0.6) is 0 Å². The molecular weight excluding hydrogens is 472 g/mol. The van der Waals surface area contributed by atoms with Gasteiger partial charge in [0, 0.05) is 19.1 Å². The lowest BCUT2D eigenvalue weighted by Gasteiger charge is -2.31. The number of carbonyl (C=O) groups is 1. The van der Waals surface area contributed by atoms with Crippen LogP contribution in [0.4, 0.5) is 0 Å². The molecule has 1 aromatic rings. The van der Waals surface area contributed by atoms with Gasteiger partial charge in [-0.15, -0.1) is 0 Å². The third-order valence-electron chi connectivity index (χ3n) is 8.36. The lowest BCUT2D eigenvalue weighted by atomic mass is 9.92. The molecule has 7 nitrogen and oxygen atoms in total. The van der Waals surface area contributed by atoms with Crippen LogP contribution in [0.2, 0.25) is 0 Å². The summed E-state index contributed by atoms with van der Waals surface area (Å²) in [6.45, 7) is 2.93. The van der Waals surface area contributed by atoms with Crippen molar-refractivity contribution in [1.82, 2.24) is 0 Å². The van der Waals surface area contributed by atoms with Crippen LogP contribution in [-0.2, 0) is 39.8 Å². The smallest absolute Gasteiger partial charge is 0.315 e. The molecule has 0 bridgehead atoms. The van der Waals surface area contributed by atoms with Gasteiger partial charge in [0.1, 0.15) is 5.92 Å². The van der Waals surface area contributed by atoms with E-state index in [9.17, 15) is 4.79 Å². The summed E-state index contributed by atoms with van der Waals surface area (Å²) < 4.78 is 35.7. The van der Waals surface area contributed by atoms with E-state index >= 15 is 0 Å². The molecule has 0 radical (unpaired) electrons. The zero-order chi connectivity index (χ0) is 25.5.